The predicted molar refractivity (Wildman–Crippen MR) is 72.2 cm³/mol. The second-order valence-electron chi connectivity index (χ2n) is 5.27. The highest BCUT2D eigenvalue weighted by Gasteiger charge is 2.32. The smallest absolute Gasteiger partial charge is 0.222 e. The fourth-order valence-electron chi connectivity index (χ4n) is 2.09. The summed E-state index contributed by atoms with van der Waals surface area (Å²) in [4.78, 5) is 13.5. The van der Waals surface area contributed by atoms with E-state index >= 15 is 0 Å². The number of nitrogens with one attached hydrogen (secondary N) is 1. The number of amides is 1. The Balaban J connectivity index is 2.29. The van der Waals surface area contributed by atoms with Gasteiger partial charge < -0.3 is 10.2 Å². The van der Waals surface area contributed by atoms with Crippen molar-refractivity contribution in [1.82, 2.24) is 10.2 Å². The van der Waals surface area contributed by atoms with Gasteiger partial charge in [-0.15, -0.1) is 0 Å². The highest BCUT2D eigenvalue weighted by molar-refractivity contribution is 7.91. The molecule has 0 spiro atoms. The van der Waals surface area contributed by atoms with Crippen molar-refractivity contribution >= 4 is 15.7 Å². The maximum Gasteiger partial charge on any atom is 0.222 e. The topological polar surface area (TPSA) is 66.5 Å². The van der Waals surface area contributed by atoms with Crippen molar-refractivity contribution in [2.45, 2.75) is 45.2 Å². The van der Waals surface area contributed by atoms with E-state index in [0.717, 1.165) is 13.0 Å². The molecule has 18 heavy (non-hydrogen) atoms. The van der Waals surface area contributed by atoms with Gasteiger partial charge in [0.15, 0.2) is 9.84 Å². The SMILES string of the molecule is CC(C)NCCCC(=O)N(C)C1CCS(=O)(=O)C1. The molecule has 1 amide bonds. The molecule has 0 aliphatic carbocycles. The Labute approximate surface area is 110 Å². The van der Waals surface area contributed by atoms with E-state index in [1.54, 1.807) is 11.9 Å². The van der Waals surface area contributed by atoms with Crippen LogP contribution in [0.25, 0.3) is 0 Å². The van der Waals surface area contributed by atoms with Gasteiger partial charge in [0.05, 0.1) is 11.5 Å². The van der Waals surface area contributed by atoms with E-state index in [2.05, 4.69) is 19.2 Å². The lowest BCUT2D eigenvalue weighted by Crippen LogP contribution is -2.38. The third kappa shape index (κ3) is 4.94. The van der Waals surface area contributed by atoms with Crippen molar-refractivity contribution in [3.05, 3.63) is 0 Å². The van der Waals surface area contributed by atoms with E-state index in [4.69, 9.17) is 0 Å². The lowest BCUT2D eigenvalue weighted by molar-refractivity contribution is -0.131. The Morgan fingerprint density at radius 3 is 2.61 bits per heavy atom. The van der Waals surface area contributed by atoms with Crippen LogP contribution in [0.4, 0.5) is 0 Å². The Kier molecular flexibility index (Phi) is 5.59. The zero-order valence-electron chi connectivity index (χ0n) is 11.5. The molecule has 1 atom stereocenters. The molecule has 1 heterocycles. The number of rotatable bonds is 6. The number of sulfone groups is 1. The monoisotopic (exact) mass is 276 g/mol. The largest absolute Gasteiger partial charge is 0.342 e. The summed E-state index contributed by atoms with van der Waals surface area (Å²) >= 11 is 0. The highest BCUT2D eigenvalue weighted by Crippen LogP contribution is 2.17. The molecule has 0 bridgehead atoms. The molecule has 1 fully saturated rings. The summed E-state index contributed by atoms with van der Waals surface area (Å²) in [6.07, 6.45) is 1.85. The van der Waals surface area contributed by atoms with E-state index in [-0.39, 0.29) is 23.5 Å². The maximum atomic E-state index is 11.9. The fraction of sp³-hybridized carbons (Fsp3) is 0.917. The molecular weight excluding hydrogens is 252 g/mol. The summed E-state index contributed by atoms with van der Waals surface area (Å²) in [6.45, 7) is 4.95. The zero-order valence-corrected chi connectivity index (χ0v) is 12.3. The van der Waals surface area contributed by atoms with Crippen LogP contribution in [-0.4, -0.2) is 56.4 Å². The standard InChI is InChI=1S/C12H24N2O3S/c1-10(2)13-7-4-5-12(15)14(3)11-6-8-18(16,17)9-11/h10-11,13H,4-9H2,1-3H3. The normalized spacial score (nSPS) is 22.3. The van der Waals surface area contributed by atoms with Crippen LogP contribution in [0.3, 0.4) is 0 Å². The molecule has 1 unspecified atom stereocenters. The summed E-state index contributed by atoms with van der Waals surface area (Å²) in [7, 11) is -1.20. The van der Waals surface area contributed by atoms with E-state index in [0.29, 0.717) is 18.9 Å². The first-order valence-electron chi connectivity index (χ1n) is 6.51. The van der Waals surface area contributed by atoms with Crippen molar-refractivity contribution in [2.75, 3.05) is 25.1 Å². The first-order valence-corrected chi connectivity index (χ1v) is 8.33. The molecule has 0 saturated carbocycles. The molecule has 0 aromatic rings. The lowest BCUT2D eigenvalue weighted by atomic mass is 10.2. The van der Waals surface area contributed by atoms with Crippen LogP contribution in [0.1, 0.15) is 33.1 Å². The second kappa shape index (κ2) is 6.52. The van der Waals surface area contributed by atoms with Gasteiger partial charge in [-0.2, -0.15) is 0 Å². The number of carbonyl (C=O) groups excluding carboxylic acids is 1. The summed E-state index contributed by atoms with van der Waals surface area (Å²) in [5, 5.41) is 3.26. The number of hydrogen-bond donors (Lipinski definition) is 1. The molecule has 1 rings (SSSR count). The van der Waals surface area contributed by atoms with Crippen molar-refractivity contribution in [3.8, 4) is 0 Å². The summed E-state index contributed by atoms with van der Waals surface area (Å²) in [5.74, 6) is 0.381. The summed E-state index contributed by atoms with van der Waals surface area (Å²) < 4.78 is 22.7. The van der Waals surface area contributed by atoms with Gasteiger partial charge in [0.25, 0.3) is 0 Å². The quantitative estimate of drug-likeness (QED) is 0.714. The number of carbonyl (C=O) groups is 1. The minimum atomic E-state index is -2.92. The van der Waals surface area contributed by atoms with E-state index in [1.165, 1.54) is 0 Å². The Hall–Kier alpha value is -0.620. The number of hydrogen-bond acceptors (Lipinski definition) is 4. The molecule has 0 radical (unpaired) electrons. The van der Waals surface area contributed by atoms with Gasteiger partial charge in [0.2, 0.25) is 5.91 Å². The lowest BCUT2D eigenvalue weighted by Gasteiger charge is -2.23. The van der Waals surface area contributed by atoms with Crippen LogP contribution in [-0.2, 0) is 14.6 Å². The van der Waals surface area contributed by atoms with Crippen molar-refractivity contribution in [2.24, 2.45) is 0 Å². The van der Waals surface area contributed by atoms with Crippen LogP contribution in [0, 0.1) is 0 Å². The average molecular weight is 276 g/mol. The number of nitrogens with zero attached hydrogens (tertiary/aromatic N) is 1. The fourth-order valence-corrected chi connectivity index (χ4v) is 3.87. The predicted octanol–water partition coefficient (Wildman–Crippen LogP) is 0.410. The van der Waals surface area contributed by atoms with E-state index < -0.39 is 9.84 Å². The van der Waals surface area contributed by atoms with Crippen LogP contribution < -0.4 is 5.32 Å². The molecule has 0 aromatic carbocycles. The molecule has 6 heteroatoms. The van der Waals surface area contributed by atoms with Crippen molar-refractivity contribution in [1.29, 1.82) is 0 Å². The third-order valence-electron chi connectivity index (χ3n) is 3.27. The molecule has 0 aromatic heterocycles. The van der Waals surface area contributed by atoms with Gasteiger partial charge in [-0.25, -0.2) is 8.42 Å². The Morgan fingerprint density at radius 2 is 2.11 bits per heavy atom. The Morgan fingerprint density at radius 1 is 1.44 bits per heavy atom. The van der Waals surface area contributed by atoms with Crippen LogP contribution in [0.2, 0.25) is 0 Å². The van der Waals surface area contributed by atoms with Crippen LogP contribution in [0.5, 0.6) is 0 Å². The van der Waals surface area contributed by atoms with Crippen LogP contribution >= 0.6 is 0 Å². The molecule has 1 aliphatic rings. The maximum absolute atomic E-state index is 11.9. The van der Waals surface area contributed by atoms with Crippen molar-refractivity contribution < 1.29 is 13.2 Å². The Bertz CT molecular complexity index is 379. The molecule has 1 aliphatic heterocycles. The van der Waals surface area contributed by atoms with E-state index in [1.807, 2.05) is 0 Å². The first kappa shape index (κ1) is 15.4. The van der Waals surface area contributed by atoms with Gasteiger partial charge in [-0.1, -0.05) is 13.8 Å². The molecule has 1 N–H and O–H groups in total. The first-order chi connectivity index (χ1) is 8.32. The van der Waals surface area contributed by atoms with Gasteiger partial charge in [-0.3, -0.25) is 4.79 Å². The summed E-state index contributed by atoms with van der Waals surface area (Å²) in [5.41, 5.74) is 0. The highest BCUT2D eigenvalue weighted by atomic mass is 32.2. The van der Waals surface area contributed by atoms with E-state index in [9.17, 15) is 13.2 Å². The molecule has 1 saturated heterocycles. The minimum absolute atomic E-state index is 0.0441. The van der Waals surface area contributed by atoms with Gasteiger partial charge in [0.1, 0.15) is 0 Å². The average Bonchev–Trinajstić information content (AvgIpc) is 2.63. The van der Waals surface area contributed by atoms with Crippen LogP contribution in [0.15, 0.2) is 0 Å². The molecule has 5 nitrogen and oxygen atoms in total. The third-order valence-corrected chi connectivity index (χ3v) is 5.02. The van der Waals surface area contributed by atoms with Gasteiger partial charge >= 0.3 is 0 Å². The van der Waals surface area contributed by atoms with Gasteiger partial charge in [-0.05, 0) is 19.4 Å². The second-order valence-corrected chi connectivity index (χ2v) is 7.50. The molecular formula is C12H24N2O3S. The van der Waals surface area contributed by atoms with Gasteiger partial charge in [0, 0.05) is 25.6 Å². The zero-order chi connectivity index (χ0) is 13.8. The minimum Gasteiger partial charge on any atom is -0.342 e. The van der Waals surface area contributed by atoms with Crippen molar-refractivity contribution in [3.63, 3.8) is 0 Å². The molecule has 106 valence electrons. The summed E-state index contributed by atoms with van der Waals surface area (Å²) in [6, 6.07) is 0.304.